The lowest BCUT2D eigenvalue weighted by molar-refractivity contribution is 0.867. The van der Waals surface area contributed by atoms with Crippen LogP contribution in [0.1, 0.15) is 46.3 Å². The van der Waals surface area contributed by atoms with Crippen LogP contribution in [-0.2, 0) is 0 Å². The summed E-state index contributed by atoms with van der Waals surface area (Å²) in [5, 5.41) is 3.69. The molecule has 0 bridgehead atoms. The zero-order chi connectivity index (χ0) is 14.9. The number of nitrogens with one attached hydrogen (secondary N) is 1. The van der Waals surface area contributed by atoms with E-state index in [0.29, 0.717) is 6.04 Å². The van der Waals surface area contributed by atoms with E-state index in [1.54, 1.807) is 0 Å². The minimum Gasteiger partial charge on any atom is -0.378 e. The Hall–Kier alpha value is -1.76. The Kier molecular flexibility index (Phi) is 4.17. The van der Waals surface area contributed by atoms with Crippen molar-refractivity contribution >= 4 is 5.69 Å². The Morgan fingerprint density at radius 2 is 1.35 bits per heavy atom. The molecule has 0 aliphatic heterocycles. The number of hydrogen-bond donors (Lipinski definition) is 1. The molecule has 1 heteroatoms. The Morgan fingerprint density at radius 3 is 1.95 bits per heavy atom. The first-order chi connectivity index (χ1) is 9.38. The zero-order valence-corrected chi connectivity index (χ0v) is 13.5. The Morgan fingerprint density at radius 1 is 0.750 bits per heavy atom. The molecular formula is C19H25N. The molecule has 1 nitrogen and oxygen atoms in total. The van der Waals surface area contributed by atoms with Crippen molar-refractivity contribution in [2.45, 2.75) is 47.6 Å². The first kappa shape index (κ1) is 14.6. The molecule has 2 aromatic carbocycles. The van der Waals surface area contributed by atoms with Crippen molar-refractivity contribution in [1.29, 1.82) is 0 Å². The molecule has 0 radical (unpaired) electrons. The molecule has 0 fully saturated rings. The molecule has 0 saturated carbocycles. The maximum Gasteiger partial charge on any atom is 0.0488 e. The van der Waals surface area contributed by atoms with Crippen LogP contribution in [0.3, 0.4) is 0 Å². The summed E-state index contributed by atoms with van der Waals surface area (Å²) >= 11 is 0. The van der Waals surface area contributed by atoms with E-state index in [1.807, 2.05) is 0 Å². The van der Waals surface area contributed by atoms with Crippen LogP contribution in [0.2, 0.25) is 0 Å². The fourth-order valence-corrected chi connectivity index (χ4v) is 2.93. The molecule has 20 heavy (non-hydrogen) atoms. The quantitative estimate of drug-likeness (QED) is 0.785. The number of hydrogen-bond acceptors (Lipinski definition) is 1. The molecule has 1 N–H and O–H groups in total. The van der Waals surface area contributed by atoms with Gasteiger partial charge in [0.25, 0.3) is 0 Å². The van der Waals surface area contributed by atoms with E-state index in [9.17, 15) is 0 Å². The maximum absolute atomic E-state index is 3.69. The van der Waals surface area contributed by atoms with E-state index < -0.39 is 0 Å². The van der Waals surface area contributed by atoms with E-state index in [0.717, 1.165) is 0 Å². The molecule has 0 amide bonds. The van der Waals surface area contributed by atoms with Crippen LogP contribution in [0.15, 0.2) is 30.3 Å². The van der Waals surface area contributed by atoms with E-state index in [-0.39, 0.29) is 0 Å². The SMILES string of the molecule is Cc1cc(C)c(NC(C)c2cc(C)ccc2C)c(C)c1. The van der Waals surface area contributed by atoms with E-state index in [2.05, 4.69) is 77.2 Å². The predicted octanol–water partition coefficient (Wildman–Crippen LogP) is 5.40. The van der Waals surface area contributed by atoms with Crippen molar-refractivity contribution < 1.29 is 0 Å². The van der Waals surface area contributed by atoms with E-state index >= 15 is 0 Å². The largest absolute Gasteiger partial charge is 0.378 e. The summed E-state index contributed by atoms with van der Waals surface area (Å²) in [6, 6.07) is 11.5. The molecule has 0 saturated heterocycles. The Labute approximate surface area is 123 Å². The summed E-state index contributed by atoms with van der Waals surface area (Å²) in [7, 11) is 0. The molecule has 0 aliphatic carbocycles. The smallest absolute Gasteiger partial charge is 0.0488 e. The van der Waals surface area contributed by atoms with Gasteiger partial charge >= 0.3 is 0 Å². The van der Waals surface area contributed by atoms with Crippen LogP contribution in [0, 0.1) is 34.6 Å². The van der Waals surface area contributed by atoms with Gasteiger partial charge in [-0.1, -0.05) is 41.5 Å². The molecule has 1 unspecified atom stereocenters. The molecule has 0 spiro atoms. The van der Waals surface area contributed by atoms with Crippen molar-refractivity contribution in [3.8, 4) is 0 Å². The molecule has 0 aliphatic rings. The Bertz CT molecular complexity index is 603. The maximum atomic E-state index is 3.69. The first-order valence-electron chi connectivity index (χ1n) is 7.30. The average molecular weight is 267 g/mol. The molecule has 106 valence electrons. The molecule has 1 atom stereocenters. The van der Waals surface area contributed by atoms with Gasteiger partial charge in [0.05, 0.1) is 0 Å². The molecule has 0 aromatic heterocycles. The van der Waals surface area contributed by atoms with Gasteiger partial charge in [-0.2, -0.15) is 0 Å². The van der Waals surface area contributed by atoms with Crippen LogP contribution in [0.25, 0.3) is 0 Å². The highest BCUT2D eigenvalue weighted by Gasteiger charge is 2.11. The van der Waals surface area contributed by atoms with Crippen LogP contribution >= 0.6 is 0 Å². The van der Waals surface area contributed by atoms with Gasteiger partial charge < -0.3 is 5.32 Å². The van der Waals surface area contributed by atoms with Gasteiger partial charge in [-0.25, -0.2) is 0 Å². The van der Waals surface area contributed by atoms with E-state index in [1.165, 1.54) is 39.1 Å². The van der Waals surface area contributed by atoms with Crippen molar-refractivity contribution in [1.82, 2.24) is 0 Å². The first-order valence-corrected chi connectivity index (χ1v) is 7.30. The van der Waals surface area contributed by atoms with Gasteiger partial charge in [-0.3, -0.25) is 0 Å². The summed E-state index contributed by atoms with van der Waals surface area (Å²) in [4.78, 5) is 0. The second kappa shape index (κ2) is 5.70. The highest BCUT2D eigenvalue weighted by molar-refractivity contribution is 5.59. The fraction of sp³-hybridized carbons (Fsp3) is 0.368. The van der Waals surface area contributed by atoms with E-state index in [4.69, 9.17) is 0 Å². The van der Waals surface area contributed by atoms with Crippen molar-refractivity contribution in [2.24, 2.45) is 0 Å². The number of rotatable bonds is 3. The summed E-state index contributed by atoms with van der Waals surface area (Å²) in [5.74, 6) is 0. The Balaban J connectivity index is 2.32. The van der Waals surface area contributed by atoms with Gasteiger partial charge in [-0.05, 0) is 63.8 Å². The summed E-state index contributed by atoms with van der Waals surface area (Å²) in [6.45, 7) is 13.1. The van der Waals surface area contributed by atoms with Crippen molar-refractivity contribution in [3.63, 3.8) is 0 Å². The van der Waals surface area contributed by atoms with Crippen molar-refractivity contribution in [3.05, 3.63) is 63.7 Å². The molecule has 2 rings (SSSR count). The normalized spacial score (nSPS) is 12.3. The number of anilines is 1. The second-order valence-electron chi connectivity index (χ2n) is 6.00. The lowest BCUT2D eigenvalue weighted by atomic mass is 9.98. The lowest BCUT2D eigenvalue weighted by Gasteiger charge is -2.22. The van der Waals surface area contributed by atoms with Crippen LogP contribution < -0.4 is 5.32 Å². The minimum atomic E-state index is 0.315. The van der Waals surface area contributed by atoms with Gasteiger partial charge in [0.15, 0.2) is 0 Å². The summed E-state index contributed by atoms with van der Waals surface area (Å²) in [6.07, 6.45) is 0. The third-order valence-corrected chi connectivity index (χ3v) is 3.94. The third kappa shape index (κ3) is 3.04. The third-order valence-electron chi connectivity index (χ3n) is 3.94. The highest BCUT2D eigenvalue weighted by Crippen LogP contribution is 2.28. The standard InChI is InChI=1S/C19H25N/c1-12-7-8-14(3)18(11-12)17(6)20-19-15(4)9-13(2)10-16(19)5/h7-11,17,20H,1-6H3. The van der Waals surface area contributed by atoms with Crippen LogP contribution in [0.5, 0.6) is 0 Å². The predicted molar refractivity (Wildman–Crippen MR) is 88.6 cm³/mol. The summed E-state index contributed by atoms with van der Waals surface area (Å²) < 4.78 is 0. The molecule has 0 heterocycles. The number of benzene rings is 2. The minimum absolute atomic E-state index is 0.315. The van der Waals surface area contributed by atoms with Gasteiger partial charge in [0, 0.05) is 11.7 Å². The molecule has 2 aromatic rings. The second-order valence-corrected chi connectivity index (χ2v) is 6.00. The highest BCUT2D eigenvalue weighted by atomic mass is 14.9. The molecular weight excluding hydrogens is 242 g/mol. The number of aryl methyl sites for hydroxylation is 5. The monoisotopic (exact) mass is 267 g/mol. The van der Waals surface area contributed by atoms with Gasteiger partial charge in [0.1, 0.15) is 0 Å². The zero-order valence-electron chi connectivity index (χ0n) is 13.5. The van der Waals surface area contributed by atoms with Crippen LogP contribution in [0.4, 0.5) is 5.69 Å². The average Bonchev–Trinajstić information content (AvgIpc) is 2.36. The fourth-order valence-electron chi connectivity index (χ4n) is 2.93. The van der Waals surface area contributed by atoms with Gasteiger partial charge in [0.2, 0.25) is 0 Å². The van der Waals surface area contributed by atoms with Crippen LogP contribution in [-0.4, -0.2) is 0 Å². The topological polar surface area (TPSA) is 12.0 Å². The summed E-state index contributed by atoms with van der Waals surface area (Å²) in [5.41, 5.74) is 9.27. The van der Waals surface area contributed by atoms with Crippen molar-refractivity contribution in [2.75, 3.05) is 5.32 Å². The van der Waals surface area contributed by atoms with Gasteiger partial charge in [-0.15, -0.1) is 0 Å². The lowest BCUT2D eigenvalue weighted by Crippen LogP contribution is -2.10.